The van der Waals surface area contributed by atoms with Crippen molar-refractivity contribution in [1.29, 1.82) is 5.26 Å². The highest BCUT2D eigenvalue weighted by Crippen LogP contribution is 2.45. The maximum absolute atomic E-state index is 13.4. The first-order valence-electron chi connectivity index (χ1n) is 19.9. The number of halogens is 1. The molecule has 14 heteroatoms. The minimum Gasteiger partial charge on any atom is -0.371 e. The van der Waals surface area contributed by atoms with Gasteiger partial charge in [0, 0.05) is 106 Å². The van der Waals surface area contributed by atoms with Gasteiger partial charge in [-0.1, -0.05) is 11.6 Å². The summed E-state index contributed by atoms with van der Waals surface area (Å²) in [5.74, 6) is -1.90. The zero-order chi connectivity index (χ0) is 39.2. The average molecular weight is 787 g/mol. The van der Waals surface area contributed by atoms with E-state index in [9.17, 15) is 29.2 Å². The topological polar surface area (TPSA) is 141 Å². The third-order valence-electron chi connectivity index (χ3n) is 13.8. The Bertz CT molecular complexity index is 2260. The van der Waals surface area contributed by atoms with Crippen molar-refractivity contribution in [3.8, 4) is 6.07 Å². The van der Waals surface area contributed by atoms with E-state index in [-0.39, 0.29) is 35.1 Å². The van der Waals surface area contributed by atoms with E-state index in [0.29, 0.717) is 22.2 Å². The van der Waals surface area contributed by atoms with Crippen LogP contribution in [0.15, 0.2) is 60.7 Å². The number of hydrogen-bond donors (Lipinski definition) is 1. The van der Waals surface area contributed by atoms with Gasteiger partial charge in [-0.3, -0.25) is 39.1 Å². The zero-order valence-electron chi connectivity index (χ0n) is 31.6. The molecule has 7 aliphatic heterocycles. The molecule has 7 heterocycles. The lowest BCUT2D eigenvalue weighted by molar-refractivity contribution is -0.136. The number of carbonyl (C=O) groups excluding carboxylic acids is 5. The Kier molecular flexibility index (Phi) is 8.39. The monoisotopic (exact) mass is 786 g/mol. The molecule has 2 spiro atoms. The fraction of sp³-hybridized carbons (Fsp3) is 0.442. The van der Waals surface area contributed by atoms with Gasteiger partial charge in [0.05, 0.1) is 21.7 Å². The summed E-state index contributed by atoms with van der Waals surface area (Å²) in [7, 11) is 0. The van der Waals surface area contributed by atoms with Gasteiger partial charge in [0.25, 0.3) is 17.7 Å². The molecule has 0 aliphatic carbocycles. The molecule has 7 aliphatic rings. The van der Waals surface area contributed by atoms with Gasteiger partial charge < -0.3 is 19.6 Å². The smallest absolute Gasteiger partial charge is 0.262 e. The summed E-state index contributed by atoms with van der Waals surface area (Å²) in [4.78, 5) is 76.3. The molecule has 292 valence electrons. The number of imide groups is 2. The van der Waals surface area contributed by atoms with Gasteiger partial charge in [-0.2, -0.15) is 5.26 Å². The molecule has 6 fully saturated rings. The van der Waals surface area contributed by atoms with Crippen LogP contribution in [0.1, 0.15) is 68.7 Å². The third-order valence-corrected chi connectivity index (χ3v) is 14.1. The van der Waals surface area contributed by atoms with Crippen molar-refractivity contribution in [3.05, 3.63) is 87.9 Å². The van der Waals surface area contributed by atoms with Gasteiger partial charge in [-0.05, 0) is 91.8 Å². The summed E-state index contributed by atoms with van der Waals surface area (Å²) in [6, 6.07) is 20.7. The Balaban J connectivity index is 0.674. The lowest BCUT2D eigenvalue weighted by Gasteiger charge is -2.64. The minimum absolute atomic E-state index is 0.0899. The molecule has 57 heavy (non-hydrogen) atoms. The number of benzene rings is 3. The van der Waals surface area contributed by atoms with Crippen molar-refractivity contribution in [2.24, 2.45) is 10.8 Å². The summed E-state index contributed by atoms with van der Waals surface area (Å²) >= 11 is 6.33. The quantitative estimate of drug-likeness (QED) is 0.368. The fourth-order valence-electron chi connectivity index (χ4n) is 10.3. The first-order valence-corrected chi connectivity index (χ1v) is 20.3. The van der Waals surface area contributed by atoms with Crippen LogP contribution >= 0.6 is 11.6 Å². The van der Waals surface area contributed by atoms with Crippen molar-refractivity contribution >= 4 is 58.2 Å². The molecule has 1 N–H and O–H groups in total. The van der Waals surface area contributed by atoms with Gasteiger partial charge in [0.15, 0.2) is 0 Å². The molecule has 6 saturated heterocycles. The van der Waals surface area contributed by atoms with E-state index in [2.05, 4.69) is 43.1 Å². The van der Waals surface area contributed by atoms with Crippen LogP contribution < -0.4 is 20.0 Å². The van der Waals surface area contributed by atoms with Crippen molar-refractivity contribution < 1.29 is 24.0 Å². The highest BCUT2D eigenvalue weighted by atomic mass is 35.5. The molecular formula is C43H43ClN8O5. The Morgan fingerprint density at radius 3 is 2.07 bits per heavy atom. The number of hydrogen-bond acceptors (Lipinski definition) is 10. The molecule has 0 radical (unpaired) electrons. The molecule has 13 nitrogen and oxygen atoms in total. The van der Waals surface area contributed by atoms with Gasteiger partial charge in [0.2, 0.25) is 11.8 Å². The molecule has 0 bridgehead atoms. The van der Waals surface area contributed by atoms with Crippen molar-refractivity contribution in [2.75, 3.05) is 80.1 Å². The predicted octanol–water partition coefficient (Wildman–Crippen LogP) is 3.76. The van der Waals surface area contributed by atoms with Crippen molar-refractivity contribution in [1.82, 2.24) is 20.0 Å². The van der Waals surface area contributed by atoms with Gasteiger partial charge in [-0.25, -0.2) is 0 Å². The second kappa shape index (κ2) is 13.3. The normalized spacial score (nSPS) is 24.0. The molecule has 3 aromatic rings. The molecule has 1 unspecified atom stereocenters. The Labute approximate surface area is 335 Å². The lowest BCUT2D eigenvalue weighted by Crippen LogP contribution is -2.77. The number of anilines is 3. The van der Waals surface area contributed by atoms with Crippen LogP contribution in [-0.4, -0.2) is 122 Å². The number of fused-ring (bicyclic) bond motifs is 1. The number of rotatable bonds is 6. The molecular weight excluding hydrogens is 744 g/mol. The molecule has 3 aromatic carbocycles. The SMILES string of the molecule is N#Cc1ccc(N2CCC3(CCN(c4ccc(C(=O)N5CC6(C5)CN(C5CN(c7ccc8c(c7)C(=O)N(C7CCC(=O)NC7=O)C8=O)C5)C6)cc4)CC3)C2)cc1Cl. The van der Waals surface area contributed by atoms with Crippen LogP contribution in [0, 0.1) is 22.2 Å². The summed E-state index contributed by atoms with van der Waals surface area (Å²) in [5.41, 5.74) is 5.38. The number of likely N-dealkylation sites (tertiary alicyclic amines) is 2. The van der Waals surface area contributed by atoms with Crippen molar-refractivity contribution in [2.45, 2.75) is 44.2 Å². The maximum atomic E-state index is 13.4. The van der Waals surface area contributed by atoms with Crippen LogP contribution in [0.5, 0.6) is 0 Å². The Morgan fingerprint density at radius 2 is 1.39 bits per heavy atom. The molecule has 5 amide bonds. The number of amides is 5. The first kappa shape index (κ1) is 35.9. The largest absolute Gasteiger partial charge is 0.371 e. The molecule has 10 rings (SSSR count). The second-order valence-corrected chi connectivity index (χ2v) is 17.7. The highest BCUT2D eigenvalue weighted by molar-refractivity contribution is 6.32. The second-order valence-electron chi connectivity index (χ2n) is 17.3. The van der Waals surface area contributed by atoms with Gasteiger partial charge >= 0.3 is 0 Å². The molecule has 0 saturated carbocycles. The van der Waals surface area contributed by atoms with E-state index in [0.717, 1.165) is 112 Å². The van der Waals surface area contributed by atoms with Crippen LogP contribution in [-0.2, 0) is 9.59 Å². The average Bonchev–Trinajstić information content (AvgIpc) is 3.68. The fourth-order valence-corrected chi connectivity index (χ4v) is 10.5. The number of carbonyl (C=O) groups is 5. The summed E-state index contributed by atoms with van der Waals surface area (Å²) in [5, 5.41) is 12.0. The number of nitrogens with one attached hydrogen (secondary N) is 1. The van der Waals surface area contributed by atoms with Crippen LogP contribution in [0.4, 0.5) is 17.1 Å². The molecule has 0 aromatic heterocycles. The minimum atomic E-state index is -0.975. The van der Waals surface area contributed by atoms with E-state index >= 15 is 0 Å². The summed E-state index contributed by atoms with van der Waals surface area (Å²) in [6.07, 6.45) is 3.61. The summed E-state index contributed by atoms with van der Waals surface area (Å²) in [6.45, 7) is 9.05. The van der Waals surface area contributed by atoms with Crippen LogP contribution in [0.3, 0.4) is 0 Å². The number of piperidine rings is 2. The maximum Gasteiger partial charge on any atom is 0.262 e. The van der Waals surface area contributed by atoms with Gasteiger partial charge in [0.1, 0.15) is 12.1 Å². The van der Waals surface area contributed by atoms with E-state index in [1.807, 2.05) is 41.3 Å². The Morgan fingerprint density at radius 1 is 0.737 bits per heavy atom. The number of nitrogens with zero attached hydrogens (tertiary/aromatic N) is 7. The van der Waals surface area contributed by atoms with Crippen LogP contribution in [0.2, 0.25) is 5.02 Å². The van der Waals surface area contributed by atoms with E-state index in [4.69, 9.17) is 11.6 Å². The summed E-state index contributed by atoms with van der Waals surface area (Å²) < 4.78 is 0. The third kappa shape index (κ3) is 6.03. The van der Waals surface area contributed by atoms with Crippen LogP contribution in [0.25, 0.3) is 0 Å². The van der Waals surface area contributed by atoms with E-state index in [1.165, 1.54) is 0 Å². The van der Waals surface area contributed by atoms with E-state index < -0.39 is 29.7 Å². The van der Waals surface area contributed by atoms with E-state index in [1.54, 1.807) is 12.1 Å². The van der Waals surface area contributed by atoms with Gasteiger partial charge in [-0.15, -0.1) is 0 Å². The highest BCUT2D eigenvalue weighted by Gasteiger charge is 2.56. The first-order chi connectivity index (χ1) is 27.5. The standard InChI is InChI=1S/C43H43ClN8O5/c44-35-18-31(6-3-28(35)19-45)48-16-13-42(22-48)11-14-47(15-12-42)29-4-1-27(2-5-29)39(55)51-25-43(26-51)23-50(24-43)32-20-49(21-32)30-7-8-33-34(17-30)41(57)52(40(33)56)36-9-10-37(53)46-38(36)54/h1-8,17-18,32,36H,9-16,20-26H2,(H,46,53,54). The number of nitriles is 1. The molecule has 1 atom stereocenters. The van der Waals surface area contributed by atoms with Crippen molar-refractivity contribution in [3.63, 3.8) is 0 Å². The zero-order valence-corrected chi connectivity index (χ0v) is 32.3. The Hall–Kier alpha value is -5.45. The lowest BCUT2D eigenvalue weighted by atomic mass is 9.71. The predicted molar refractivity (Wildman–Crippen MR) is 212 cm³/mol.